The minimum atomic E-state index is -0.764. The smallest absolute Gasteiger partial charge is 0.303 e. The molecule has 0 fully saturated rings. The number of hydrogen-bond donors (Lipinski definition) is 2. The highest BCUT2D eigenvalue weighted by Crippen LogP contribution is 2.31. The van der Waals surface area contributed by atoms with Crippen molar-refractivity contribution in [3.63, 3.8) is 0 Å². The van der Waals surface area contributed by atoms with E-state index in [0.29, 0.717) is 12.8 Å². The maximum atomic E-state index is 10.9. The summed E-state index contributed by atoms with van der Waals surface area (Å²) in [7, 11) is 0. The Balaban J connectivity index is 2.67. The molecule has 0 aliphatic heterocycles. The van der Waals surface area contributed by atoms with Gasteiger partial charge in [0.25, 0.3) is 0 Å². The molecule has 0 radical (unpaired) electrons. The summed E-state index contributed by atoms with van der Waals surface area (Å²) in [4.78, 5) is 21.7. The molecule has 4 heteroatoms. The standard InChI is InChI=1S/C23H36O4/c1-2-3-4-5-6-7-12-19-13-8-9-16-21(19)20(14-10-17-22(24)25)15-11-18-23(26)27/h8-9,13,16,20H,2-7,10-12,14-15,17-18H2,1H3,(H,24,25)(H,26,27). The van der Waals surface area contributed by atoms with Crippen LogP contribution in [0.15, 0.2) is 24.3 Å². The topological polar surface area (TPSA) is 74.6 Å². The van der Waals surface area contributed by atoms with E-state index in [9.17, 15) is 9.59 Å². The maximum Gasteiger partial charge on any atom is 0.303 e. The van der Waals surface area contributed by atoms with Crippen LogP contribution in [0.4, 0.5) is 0 Å². The zero-order valence-electron chi connectivity index (χ0n) is 16.8. The van der Waals surface area contributed by atoms with Crippen molar-refractivity contribution >= 4 is 11.9 Å². The van der Waals surface area contributed by atoms with Crippen molar-refractivity contribution in [2.45, 2.75) is 96.3 Å². The van der Waals surface area contributed by atoms with Gasteiger partial charge in [0.05, 0.1) is 0 Å². The van der Waals surface area contributed by atoms with Crippen molar-refractivity contribution in [2.75, 3.05) is 0 Å². The van der Waals surface area contributed by atoms with Crippen LogP contribution in [-0.2, 0) is 16.0 Å². The van der Waals surface area contributed by atoms with Gasteiger partial charge in [0.1, 0.15) is 0 Å². The summed E-state index contributed by atoms with van der Waals surface area (Å²) in [5, 5.41) is 17.9. The molecule has 0 saturated carbocycles. The maximum absolute atomic E-state index is 10.9. The molecule has 0 heterocycles. The van der Waals surface area contributed by atoms with Crippen LogP contribution < -0.4 is 0 Å². The van der Waals surface area contributed by atoms with Gasteiger partial charge in [-0.1, -0.05) is 63.3 Å². The van der Waals surface area contributed by atoms with Crippen LogP contribution in [0.3, 0.4) is 0 Å². The van der Waals surface area contributed by atoms with Crippen LogP contribution in [0.2, 0.25) is 0 Å². The first kappa shape index (κ1) is 23.2. The van der Waals surface area contributed by atoms with Crippen LogP contribution in [0.5, 0.6) is 0 Å². The van der Waals surface area contributed by atoms with Crippen molar-refractivity contribution < 1.29 is 19.8 Å². The molecule has 0 amide bonds. The number of carboxylic acids is 2. The van der Waals surface area contributed by atoms with Gasteiger partial charge < -0.3 is 10.2 Å². The SMILES string of the molecule is CCCCCCCCc1ccccc1C(CCCC(=O)O)CCCC(=O)O. The van der Waals surface area contributed by atoms with Crippen LogP contribution in [0, 0.1) is 0 Å². The van der Waals surface area contributed by atoms with E-state index in [1.807, 2.05) is 6.07 Å². The molecule has 0 spiro atoms. The molecule has 0 aliphatic rings. The van der Waals surface area contributed by atoms with Crippen molar-refractivity contribution in [1.29, 1.82) is 0 Å². The molecule has 1 aromatic rings. The zero-order valence-corrected chi connectivity index (χ0v) is 16.8. The van der Waals surface area contributed by atoms with Crippen LogP contribution in [0.25, 0.3) is 0 Å². The Labute approximate surface area is 164 Å². The fourth-order valence-corrected chi connectivity index (χ4v) is 3.71. The summed E-state index contributed by atoms with van der Waals surface area (Å²) in [5.41, 5.74) is 2.64. The van der Waals surface area contributed by atoms with Gasteiger partial charge in [-0.3, -0.25) is 9.59 Å². The molecule has 1 rings (SSSR count). The number of carbonyl (C=O) groups is 2. The molecule has 4 nitrogen and oxygen atoms in total. The average molecular weight is 377 g/mol. The monoisotopic (exact) mass is 376 g/mol. The zero-order chi connectivity index (χ0) is 19.9. The Morgan fingerprint density at radius 1 is 0.815 bits per heavy atom. The van der Waals surface area contributed by atoms with E-state index < -0.39 is 11.9 Å². The normalized spacial score (nSPS) is 11.0. The predicted molar refractivity (Wildman–Crippen MR) is 109 cm³/mol. The number of hydrogen-bond acceptors (Lipinski definition) is 2. The Kier molecular flexibility index (Phi) is 12.2. The van der Waals surface area contributed by atoms with E-state index in [-0.39, 0.29) is 18.8 Å². The van der Waals surface area contributed by atoms with Gasteiger partial charge in [0.2, 0.25) is 0 Å². The first-order valence-corrected chi connectivity index (χ1v) is 10.6. The van der Waals surface area contributed by atoms with Gasteiger partial charge in [-0.05, 0) is 55.6 Å². The molecule has 1 aromatic carbocycles. The summed E-state index contributed by atoms with van der Waals surface area (Å²) < 4.78 is 0. The average Bonchev–Trinajstić information content (AvgIpc) is 2.63. The number of carboxylic acid groups (broad SMARTS) is 2. The first-order chi connectivity index (χ1) is 13.0. The quantitative estimate of drug-likeness (QED) is 0.338. The second kappa shape index (κ2) is 14.2. The number of rotatable bonds is 16. The molecule has 0 aliphatic carbocycles. The Hall–Kier alpha value is -1.84. The van der Waals surface area contributed by atoms with Crippen molar-refractivity contribution in [1.82, 2.24) is 0 Å². The highest BCUT2D eigenvalue weighted by Gasteiger charge is 2.16. The molecule has 152 valence electrons. The second-order valence-corrected chi connectivity index (χ2v) is 7.49. The Morgan fingerprint density at radius 2 is 1.37 bits per heavy atom. The lowest BCUT2D eigenvalue weighted by molar-refractivity contribution is -0.138. The molecular weight excluding hydrogens is 340 g/mol. The summed E-state index contributed by atoms with van der Waals surface area (Å²) in [6.45, 7) is 2.23. The molecule has 0 atom stereocenters. The third-order valence-electron chi connectivity index (χ3n) is 5.18. The molecular formula is C23H36O4. The summed E-state index contributed by atoms with van der Waals surface area (Å²) in [6.07, 6.45) is 11.9. The number of unbranched alkanes of at least 4 members (excludes halogenated alkanes) is 5. The van der Waals surface area contributed by atoms with E-state index in [0.717, 1.165) is 19.3 Å². The largest absolute Gasteiger partial charge is 0.481 e. The van der Waals surface area contributed by atoms with E-state index in [1.54, 1.807) is 0 Å². The van der Waals surface area contributed by atoms with Gasteiger partial charge in [0, 0.05) is 12.8 Å². The van der Waals surface area contributed by atoms with Crippen LogP contribution in [0.1, 0.15) is 101 Å². The lowest BCUT2D eigenvalue weighted by Gasteiger charge is -2.20. The van der Waals surface area contributed by atoms with E-state index >= 15 is 0 Å². The summed E-state index contributed by atoms with van der Waals surface area (Å²) >= 11 is 0. The minimum absolute atomic E-state index is 0.176. The van der Waals surface area contributed by atoms with Gasteiger partial charge in [-0.15, -0.1) is 0 Å². The van der Waals surface area contributed by atoms with Gasteiger partial charge in [-0.2, -0.15) is 0 Å². The minimum Gasteiger partial charge on any atom is -0.481 e. The number of aliphatic carboxylic acids is 2. The summed E-state index contributed by atoms with van der Waals surface area (Å²) in [6, 6.07) is 8.45. The van der Waals surface area contributed by atoms with E-state index in [4.69, 9.17) is 10.2 Å². The molecule has 0 bridgehead atoms. The number of aryl methyl sites for hydroxylation is 1. The van der Waals surface area contributed by atoms with Crippen molar-refractivity contribution in [3.8, 4) is 0 Å². The van der Waals surface area contributed by atoms with Crippen molar-refractivity contribution in [2.24, 2.45) is 0 Å². The van der Waals surface area contributed by atoms with Crippen molar-refractivity contribution in [3.05, 3.63) is 35.4 Å². The highest BCUT2D eigenvalue weighted by molar-refractivity contribution is 5.66. The fourth-order valence-electron chi connectivity index (χ4n) is 3.71. The molecule has 2 N–H and O–H groups in total. The fraction of sp³-hybridized carbons (Fsp3) is 0.652. The molecule has 27 heavy (non-hydrogen) atoms. The van der Waals surface area contributed by atoms with Crippen LogP contribution in [-0.4, -0.2) is 22.2 Å². The first-order valence-electron chi connectivity index (χ1n) is 10.6. The van der Waals surface area contributed by atoms with E-state index in [2.05, 4.69) is 25.1 Å². The number of benzene rings is 1. The molecule has 0 unspecified atom stereocenters. The van der Waals surface area contributed by atoms with Gasteiger partial charge in [0.15, 0.2) is 0 Å². The van der Waals surface area contributed by atoms with Gasteiger partial charge >= 0.3 is 11.9 Å². The Bertz CT molecular complexity index is 533. The third-order valence-corrected chi connectivity index (χ3v) is 5.18. The van der Waals surface area contributed by atoms with E-state index in [1.165, 1.54) is 49.7 Å². The third kappa shape index (κ3) is 10.8. The predicted octanol–water partition coefficient (Wildman–Crippen LogP) is 6.18. The lowest BCUT2D eigenvalue weighted by Crippen LogP contribution is -2.06. The van der Waals surface area contributed by atoms with Gasteiger partial charge in [-0.25, -0.2) is 0 Å². The van der Waals surface area contributed by atoms with Crippen LogP contribution >= 0.6 is 0 Å². The molecule has 0 aromatic heterocycles. The molecule has 0 saturated heterocycles. The highest BCUT2D eigenvalue weighted by atomic mass is 16.4. The second-order valence-electron chi connectivity index (χ2n) is 7.49. The lowest BCUT2D eigenvalue weighted by atomic mass is 9.84. The summed E-state index contributed by atoms with van der Waals surface area (Å²) in [5.74, 6) is -1.28. The Morgan fingerprint density at radius 3 is 1.96 bits per heavy atom.